The molecular formula is C17H18N4O3S. The number of carbonyl (C=O) groups is 1. The van der Waals surface area contributed by atoms with Crippen LogP contribution in [0.4, 0.5) is 5.69 Å². The Morgan fingerprint density at radius 2 is 2.04 bits per heavy atom. The third kappa shape index (κ3) is 3.69. The molecular weight excluding hydrogens is 340 g/mol. The molecule has 0 bridgehead atoms. The van der Waals surface area contributed by atoms with E-state index in [1.807, 2.05) is 0 Å². The van der Waals surface area contributed by atoms with Crippen molar-refractivity contribution in [3.05, 3.63) is 51.4 Å². The highest BCUT2D eigenvalue weighted by Crippen LogP contribution is 2.16. The summed E-state index contributed by atoms with van der Waals surface area (Å²) in [5, 5.41) is 7.75. The summed E-state index contributed by atoms with van der Waals surface area (Å²) in [4.78, 5) is 29.6. The van der Waals surface area contributed by atoms with E-state index in [1.54, 1.807) is 31.4 Å². The number of fused-ring (bicyclic) bond motifs is 1. The number of carbonyl (C=O) groups excluding carboxylic acids is 1. The Kier molecular flexibility index (Phi) is 4.80. The maximum atomic E-state index is 12.5. The number of methoxy groups -OCH3 is 1. The molecule has 3 aromatic rings. The summed E-state index contributed by atoms with van der Waals surface area (Å²) < 4.78 is 6.30. The zero-order chi connectivity index (χ0) is 18.0. The van der Waals surface area contributed by atoms with Crippen molar-refractivity contribution in [3.8, 4) is 5.75 Å². The van der Waals surface area contributed by atoms with Crippen molar-refractivity contribution in [1.29, 1.82) is 0 Å². The van der Waals surface area contributed by atoms with Crippen LogP contribution in [0.15, 0.2) is 35.3 Å². The number of nitrogens with zero attached hydrogens (tertiary/aromatic N) is 3. The molecule has 25 heavy (non-hydrogen) atoms. The quantitative estimate of drug-likeness (QED) is 0.758. The van der Waals surface area contributed by atoms with E-state index in [9.17, 15) is 9.59 Å². The summed E-state index contributed by atoms with van der Waals surface area (Å²) in [5.74, 6) is 0.699. The molecule has 1 aromatic carbocycles. The van der Waals surface area contributed by atoms with Crippen LogP contribution in [0, 0.1) is 5.92 Å². The fraction of sp³-hybridized carbons (Fsp3) is 0.294. The van der Waals surface area contributed by atoms with Gasteiger partial charge in [0, 0.05) is 12.0 Å². The first-order chi connectivity index (χ1) is 12.0. The van der Waals surface area contributed by atoms with Gasteiger partial charge in [-0.1, -0.05) is 25.2 Å². The summed E-state index contributed by atoms with van der Waals surface area (Å²) in [6.07, 6.45) is 2.15. The van der Waals surface area contributed by atoms with Crippen molar-refractivity contribution in [2.24, 2.45) is 5.92 Å². The van der Waals surface area contributed by atoms with E-state index in [2.05, 4.69) is 29.2 Å². The Labute approximate surface area is 148 Å². The molecule has 0 radical (unpaired) electrons. The SMILES string of the molecule is COc1ccc(C(=O)Nc2cnc3sc(CC(C)C)nn3c2=O)cc1. The van der Waals surface area contributed by atoms with Gasteiger partial charge in [-0.15, -0.1) is 0 Å². The summed E-state index contributed by atoms with van der Waals surface area (Å²) in [7, 11) is 1.55. The van der Waals surface area contributed by atoms with Gasteiger partial charge in [-0.05, 0) is 30.2 Å². The zero-order valence-corrected chi connectivity index (χ0v) is 15.0. The molecule has 0 atom stereocenters. The number of benzene rings is 1. The summed E-state index contributed by atoms with van der Waals surface area (Å²) in [5.41, 5.74) is 0.127. The molecule has 8 heteroatoms. The van der Waals surface area contributed by atoms with Crippen LogP contribution in [0.5, 0.6) is 5.75 Å². The molecule has 7 nitrogen and oxygen atoms in total. The van der Waals surface area contributed by atoms with E-state index in [0.717, 1.165) is 11.4 Å². The third-order valence-corrected chi connectivity index (χ3v) is 4.46. The lowest BCUT2D eigenvalue weighted by atomic mass is 10.1. The van der Waals surface area contributed by atoms with Crippen molar-refractivity contribution in [1.82, 2.24) is 14.6 Å². The smallest absolute Gasteiger partial charge is 0.298 e. The normalized spacial score (nSPS) is 11.0. The van der Waals surface area contributed by atoms with Gasteiger partial charge in [0.25, 0.3) is 11.5 Å². The maximum Gasteiger partial charge on any atom is 0.298 e. The highest BCUT2D eigenvalue weighted by Gasteiger charge is 2.14. The number of rotatable bonds is 5. The van der Waals surface area contributed by atoms with Gasteiger partial charge < -0.3 is 10.1 Å². The van der Waals surface area contributed by atoms with Crippen molar-refractivity contribution < 1.29 is 9.53 Å². The number of anilines is 1. The van der Waals surface area contributed by atoms with Gasteiger partial charge in [0.15, 0.2) is 0 Å². The first-order valence-electron chi connectivity index (χ1n) is 7.81. The van der Waals surface area contributed by atoms with Crippen LogP contribution >= 0.6 is 11.3 Å². The molecule has 0 aliphatic rings. The number of amides is 1. The molecule has 1 amide bonds. The summed E-state index contributed by atoms with van der Waals surface area (Å²) >= 11 is 1.38. The monoisotopic (exact) mass is 358 g/mol. The second-order valence-corrected chi connectivity index (χ2v) is 6.99. The number of hydrogen-bond acceptors (Lipinski definition) is 6. The highest BCUT2D eigenvalue weighted by atomic mass is 32.1. The highest BCUT2D eigenvalue weighted by molar-refractivity contribution is 7.16. The second-order valence-electron chi connectivity index (χ2n) is 5.95. The number of nitrogens with one attached hydrogen (secondary N) is 1. The third-order valence-electron chi connectivity index (χ3n) is 3.51. The van der Waals surface area contributed by atoms with E-state index >= 15 is 0 Å². The van der Waals surface area contributed by atoms with Crippen molar-refractivity contribution in [2.75, 3.05) is 12.4 Å². The Morgan fingerprint density at radius 3 is 2.68 bits per heavy atom. The molecule has 3 rings (SSSR count). The lowest BCUT2D eigenvalue weighted by molar-refractivity contribution is 0.102. The maximum absolute atomic E-state index is 12.5. The molecule has 0 aliphatic heterocycles. The molecule has 0 saturated carbocycles. The molecule has 0 aliphatic carbocycles. The van der Waals surface area contributed by atoms with E-state index < -0.39 is 5.56 Å². The second kappa shape index (κ2) is 7.02. The van der Waals surface area contributed by atoms with Gasteiger partial charge in [0.1, 0.15) is 16.4 Å². The van der Waals surface area contributed by atoms with Crippen LogP contribution in [-0.2, 0) is 6.42 Å². The molecule has 1 N–H and O–H groups in total. The molecule has 0 spiro atoms. The fourth-order valence-electron chi connectivity index (χ4n) is 2.28. The first kappa shape index (κ1) is 17.1. The van der Waals surface area contributed by atoms with Gasteiger partial charge in [0.2, 0.25) is 4.96 Å². The minimum absolute atomic E-state index is 0.0970. The summed E-state index contributed by atoms with van der Waals surface area (Å²) in [6, 6.07) is 6.62. The predicted molar refractivity (Wildman–Crippen MR) is 96.6 cm³/mol. The van der Waals surface area contributed by atoms with Gasteiger partial charge >= 0.3 is 0 Å². The lowest BCUT2D eigenvalue weighted by Crippen LogP contribution is -2.23. The number of ether oxygens (including phenoxy) is 1. The largest absolute Gasteiger partial charge is 0.497 e. The molecule has 0 fully saturated rings. The Balaban J connectivity index is 1.86. The Bertz CT molecular complexity index is 960. The molecule has 0 saturated heterocycles. The van der Waals surface area contributed by atoms with Crippen molar-refractivity contribution in [3.63, 3.8) is 0 Å². The molecule has 2 heterocycles. The van der Waals surface area contributed by atoms with E-state index in [0.29, 0.717) is 22.2 Å². The molecule has 0 unspecified atom stereocenters. The van der Waals surface area contributed by atoms with Crippen LogP contribution in [0.25, 0.3) is 4.96 Å². The molecule has 2 aromatic heterocycles. The van der Waals surface area contributed by atoms with Gasteiger partial charge in [-0.25, -0.2) is 4.98 Å². The van der Waals surface area contributed by atoms with Crippen LogP contribution in [0.3, 0.4) is 0 Å². The van der Waals surface area contributed by atoms with Gasteiger partial charge in [0.05, 0.1) is 13.3 Å². The Morgan fingerprint density at radius 1 is 1.32 bits per heavy atom. The summed E-state index contributed by atoms with van der Waals surface area (Å²) in [6.45, 7) is 4.17. The predicted octanol–water partition coefficient (Wildman–Crippen LogP) is 2.61. The van der Waals surface area contributed by atoms with Crippen molar-refractivity contribution in [2.45, 2.75) is 20.3 Å². The van der Waals surface area contributed by atoms with E-state index in [4.69, 9.17) is 4.74 Å². The van der Waals surface area contributed by atoms with Crippen LogP contribution in [0.2, 0.25) is 0 Å². The lowest BCUT2D eigenvalue weighted by Gasteiger charge is -2.05. The van der Waals surface area contributed by atoms with Crippen molar-refractivity contribution >= 4 is 27.9 Å². The minimum Gasteiger partial charge on any atom is -0.497 e. The zero-order valence-electron chi connectivity index (χ0n) is 14.1. The fourth-order valence-corrected chi connectivity index (χ4v) is 3.35. The van der Waals surface area contributed by atoms with E-state index in [-0.39, 0.29) is 11.6 Å². The minimum atomic E-state index is -0.391. The number of aromatic nitrogens is 3. The average molecular weight is 358 g/mol. The van der Waals surface area contributed by atoms with E-state index in [1.165, 1.54) is 22.0 Å². The number of hydrogen-bond donors (Lipinski definition) is 1. The van der Waals surface area contributed by atoms with Crippen LogP contribution < -0.4 is 15.6 Å². The average Bonchev–Trinajstić information content (AvgIpc) is 3.00. The Hall–Kier alpha value is -2.74. The first-order valence-corrected chi connectivity index (χ1v) is 8.62. The van der Waals surface area contributed by atoms with Gasteiger partial charge in [-0.2, -0.15) is 9.61 Å². The standard InChI is InChI=1S/C17H18N4O3S/c1-10(2)8-14-20-21-16(23)13(9-18-17(21)25-14)19-15(22)11-4-6-12(24-3)7-5-11/h4-7,9-10H,8H2,1-3H3,(H,19,22). The topological polar surface area (TPSA) is 85.6 Å². The van der Waals surface area contributed by atoms with Gasteiger partial charge in [-0.3, -0.25) is 9.59 Å². The van der Waals surface area contributed by atoms with Crippen LogP contribution in [-0.4, -0.2) is 27.6 Å². The van der Waals surface area contributed by atoms with Crippen LogP contribution in [0.1, 0.15) is 29.2 Å². The molecule has 130 valence electrons.